The lowest BCUT2D eigenvalue weighted by Gasteiger charge is -2.31. The molecule has 1 fully saturated rings. The third-order valence-electron chi connectivity index (χ3n) is 5.13. The summed E-state index contributed by atoms with van der Waals surface area (Å²) in [7, 11) is 1.58. The Labute approximate surface area is 170 Å². The quantitative estimate of drug-likeness (QED) is 0.720. The van der Waals surface area contributed by atoms with E-state index in [4.69, 9.17) is 16.3 Å². The lowest BCUT2D eigenvalue weighted by Crippen LogP contribution is -2.41. The molecule has 0 unspecified atom stereocenters. The molecule has 0 aromatic heterocycles. The Morgan fingerprint density at radius 1 is 1.11 bits per heavy atom. The minimum Gasteiger partial charge on any atom is -0.497 e. The highest BCUT2D eigenvalue weighted by atomic mass is 35.5. The molecule has 1 aliphatic rings. The Hall–Kier alpha value is -2.37. The number of ketones is 1. The van der Waals surface area contributed by atoms with Crippen LogP contribution >= 0.6 is 11.6 Å². The molecule has 0 atom stereocenters. The van der Waals surface area contributed by atoms with E-state index >= 15 is 0 Å². The molecule has 0 bridgehead atoms. The summed E-state index contributed by atoms with van der Waals surface area (Å²) in [5.41, 5.74) is 1.32. The van der Waals surface area contributed by atoms with Crippen molar-refractivity contribution in [3.63, 3.8) is 0 Å². The lowest BCUT2D eigenvalue weighted by atomic mass is 9.89. The molecule has 1 heterocycles. The second-order valence-electron chi connectivity index (χ2n) is 6.97. The van der Waals surface area contributed by atoms with E-state index < -0.39 is 0 Å². The number of piperidine rings is 1. The SMILES string of the molecule is COc1cccc(C(=O)NCCN2CCC(C(=O)c3ccc(Cl)cc3)CC2)c1. The van der Waals surface area contributed by atoms with Crippen LogP contribution in [0.3, 0.4) is 0 Å². The summed E-state index contributed by atoms with van der Waals surface area (Å²) in [5, 5.41) is 3.59. The number of carbonyl (C=O) groups excluding carboxylic acids is 2. The first-order valence-corrected chi connectivity index (χ1v) is 9.89. The number of hydrogen-bond acceptors (Lipinski definition) is 4. The number of nitrogens with zero attached hydrogens (tertiary/aromatic N) is 1. The molecule has 1 saturated heterocycles. The highest BCUT2D eigenvalue weighted by Gasteiger charge is 2.25. The molecular weight excluding hydrogens is 376 g/mol. The average molecular weight is 401 g/mol. The Balaban J connectivity index is 1.41. The highest BCUT2D eigenvalue weighted by Crippen LogP contribution is 2.22. The van der Waals surface area contributed by atoms with E-state index in [1.807, 2.05) is 6.07 Å². The molecule has 1 N–H and O–H groups in total. The smallest absolute Gasteiger partial charge is 0.251 e. The number of carbonyl (C=O) groups is 2. The molecule has 6 heteroatoms. The van der Waals surface area contributed by atoms with E-state index in [0.717, 1.165) is 38.0 Å². The molecule has 2 aromatic rings. The fourth-order valence-electron chi connectivity index (χ4n) is 3.46. The van der Waals surface area contributed by atoms with Gasteiger partial charge in [-0.15, -0.1) is 0 Å². The van der Waals surface area contributed by atoms with Crippen LogP contribution in [0.1, 0.15) is 33.6 Å². The van der Waals surface area contributed by atoms with Crippen molar-refractivity contribution in [3.05, 3.63) is 64.7 Å². The summed E-state index contributed by atoms with van der Waals surface area (Å²) < 4.78 is 5.15. The summed E-state index contributed by atoms with van der Waals surface area (Å²) in [4.78, 5) is 27.1. The fraction of sp³-hybridized carbons (Fsp3) is 0.364. The predicted molar refractivity (Wildman–Crippen MR) is 110 cm³/mol. The zero-order valence-corrected chi connectivity index (χ0v) is 16.7. The van der Waals surface area contributed by atoms with Gasteiger partial charge in [0.2, 0.25) is 0 Å². The second-order valence-corrected chi connectivity index (χ2v) is 7.41. The maximum atomic E-state index is 12.6. The van der Waals surface area contributed by atoms with Gasteiger partial charge in [0.1, 0.15) is 5.75 Å². The first-order valence-electron chi connectivity index (χ1n) is 9.51. The van der Waals surface area contributed by atoms with Gasteiger partial charge in [-0.25, -0.2) is 0 Å². The van der Waals surface area contributed by atoms with E-state index in [1.54, 1.807) is 49.6 Å². The second kappa shape index (κ2) is 9.71. The highest BCUT2D eigenvalue weighted by molar-refractivity contribution is 6.30. The monoisotopic (exact) mass is 400 g/mol. The zero-order valence-electron chi connectivity index (χ0n) is 16.0. The summed E-state index contributed by atoms with van der Waals surface area (Å²) in [6.07, 6.45) is 1.68. The molecule has 5 nitrogen and oxygen atoms in total. The molecule has 2 aromatic carbocycles. The third-order valence-corrected chi connectivity index (χ3v) is 5.38. The minimum absolute atomic E-state index is 0.0591. The first kappa shape index (κ1) is 20.4. The summed E-state index contributed by atoms with van der Waals surface area (Å²) in [5.74, 6) is 0.818. The molecule has 3 rings (SSSR count). The molecule has 0 aliphatic carbocycles. The number of Topliss-reactive ketones (excluding diaryl/α,β-unsaturated/α-hetero) is 1. The number of hydrogen-bond donors (Lipinski definition) is 1. The van der Waals surface area contributed by atoms with Crippen LogP contribution in [0.4, 0.5) is 0 Å². The number of likely N-dealkylation sites (tertiary alicyclic amines) is 1. The van der Waals surface area contributed by atoms with Gasteiger partial charge in [0, 0.05) is 35.2 Å². The molecular formula is C22H25ClN2O3. The van der Waals surface area contributed by atoms with Crippen LogP contribution in [0.5, 0.6) is 5.75 Å². The van der Waals surface area contributed by atoms with E-state index in [9.17, 15) is 9.59 Å². The normalized spacial score (nSPS) is 15.2. The number of benzene rings is 2. The van der Waals surface area contributed by atoms with Crippen LogP contribution in [0.25, 0.3) is 0 Å². The van der Waals surface area contributed by atoms with Crippen LogP contribution < -0.4 is 10.1 Å². The van der Waals surface area contributed by atoms with Crippen molar-refractivity contribution in [2.45, 2.75) is 12.8 Å². The molecule has 0 spiro atoms. The number of methoxy groups -OCH3 is 1. The average Bonchev–Trinajstić information content (AvgIpc) is 2.74. The van der Waals surface area contributed by atoms with Crippen molar-refractivity contribution < 1.29 is 14.3 Å². The third kappa shape index (κ3) is 5.33. The Morgan fingerprint density at radius 2 is 1.82 bits per heavy atom. The van der Waals surface area contributed by atoms with Gasteiger partial charge >= 0.3 is 0 Å². The molecule has 1 amide bonds. The maximum absolute atomic E-state index is 12.6. The van der Waals surface area contributed by atoms with Crippen molar-refractivity contribution in [1.29, 1.82) is 0 Å². The number of ether oxygens (including phenoxy) is 1. The van der Waals surface area contributed by atoms with Gasteiger partial charge in [0.15, 0.2) is 5.78 Å². The van der Waals surface area contributed by atoms with Crippen molar-refractivity contribution in [2.75, 3.05) is 33.3 Å². The van der Waals surface area contributed by atoms with Gasteiger partial charge in [0.05, 0.1) is 7.11 Å². The lowest BCUT2D eigenvalue weighted by molar-refractivity contribution is 0.0839. The Bertz CT molecular complexity index is 815. The minimum atomic E-state index is -0.105. The van der Waals surface area contributed by atoms with Gasteiger partial charge < -0.3 is 15.0 Å². The molecule has 0 radical (unpaired) electrons. The van der Waals surface area contributed by atoms with Gasteiger partial charge in [-0.2, -0.15) is 0 Å². The van der Waals surface area contributed by atoms with Crippen LogP contribution in [-0.4, -0.2) is 49.9 Å². The van der Waals surface area contributed by atoms with E-state index in [2.05, 4.69) is 10.2 Å². The number of halogens is 1. The topological polar surface area (TPSA) is 58.6 Å². The van der Waals surface area contributed by atoms with Crippen molar-refractivity contribution in [2.24, 2.45) is 5.92 Å². The largest absolute Gasteiger partial charge is 0.497 e. The standard InChI is InChI=1S/C22H25ClN2O3/c1-28-20-4-2-3-18(15-20)22(27)24-11-14-25-12-9-17(10-13-25)21(26)16-5-7-19(23)8-6-16/h2-8,15,17H,9-14H2,1H3,(H,24,27). The van der Waals surface area contributed by atoms with E-state index in [-0.39, 0.29) is 17.6 Å². The molecule has 28 heavy (non-hydrogen) atoms. The zero-order chi connectivity index (χ0) is 19.9. The number of rotatable bonds is 7. The fourth-order valence-corrected chi connectivity index (χ4v) is 3.59. The summed E-state index contributed by atoms with van der Waals surface area (Å²) in [6, 6.07) is 14.2. The predicted octanol–water partition coefficient (Wildman–Crippen LogP) is 3.67. The molecule has 1 aliphatic heterocycles. The van der Waals surface area contributed by atoms with Gasteiger partial charge in [-0.05, 0) is 68.4 Å². The maximum Gasteiger partial charge on any atom is 0.251 e. The van der Waals surface area contributed by atoms with Crippen LogP contribution in [0, 0.1) is 5.92 Å². The Morgan fingerprint density at radius 3 is 2.50 bits per heavy atom. The van der Waals surface area contributed by atoms with Gasteiger partial charge in [-0.3, -0.25) is 9.59 Å². The van der Waals surface area contributed by atoms with Crippen molar-refractivity contribution >= 4 is 23.3 Å². The van der Waals surface area contributed by atoms with Crippen molar-refractivity contribution in [1.82, 2.24) is 10.2 Å². The number of nitrogens with one attached hydrogen (secondary N) is 1. The molecule has 148 valence electrons. The number of amides is 1. The van der Waals surface area contributed by atoms with Crippen LogP contribution in [0.2, 0.25) is 5.02 Å². The van der Waals surface area contributed by atoms with E-state index in [1.165, 1.54) is 0 Å². The Kier molecular flexibility index (Phi) is 7.06. The van der Waals surface area contributed by atoms with Crippen LogP contribution in [-0.2, 0) is 0 Å². The van der Waals surface area contributed by atoms with Gasteiger partial charge in [-0.1, -0.05) is 17.7 Å². The van der Waals surface area contributed by atoms with E-state index in [0.29, 0.717) is 22.9 Å². The summed E-state index contributed by atoms with van der Waals surface area (Å²) >= 11 is 5.89. The van der Waals surface area contributed by atoms with Crippen molar-refractivity contribution in [3.8, 4) is 5.75 Å². The first-order chi connectivity index (χ1) is 13.6. The van der Waals surface area contributed by atoms with Crippen LogP contribution in [0.15, 0.2) is 48.5 Å². The van der Waals surface area contributed by atoms with Gasteiger partial charge in [0.25, 0.3) is 5.91 Å². The summed E-state index contributed by atoms with van der Waals surface area (Å²) in [6.45, 7) is 3.07. The molecule has 0 saturated carbocycles.